The van der Waals surface area contributed by atoms with Crippen LogP contribution in [0.2, 0.25) is 0 Å². The van der Waals surface area contributed by atoms with Gasteiger partial charge in [0.2, 0.25) is 0 Å². The molecule has 0 unspecified atom stereocenters. The summed E-state index contributed by atoms with van der Waals surface area (Å²) in [6.45, 7) is 13.1. The number of unbranched alkanes of at least 4 members (excludes halogenated alkanes) is 3. The molecule has 0 aliphatic rings. The summed E-state index contributed by atoms with van der Waals surface area (Å²) in [5.74, 6) is 1.88. The van der Waals surface area contributed by atoms with E-state index in [0.29, 0.717) is 11.8 Å². The summed E-state index contributed by atoms with van der Waals surface area (Å²) in [6, 6.07) is 15.6. The summed E-state index contributed by atoms with van der Waals surface area (Å²) >= 11 is 0. The molecule has 0 spiro atoms. The van der Waals surface area contributed by atoms with Gasteiger partial charge < -0.3 is 9.64 Å². The fourth-order valence-electron chi connectivity index (χ4n) is 3.51. The summed E-state index contributed by atoms with van der Waals surface area (Å²) < 4.78 is 5.79. The van der Waals surface area contributed by atoms with E-state index in [1.807, 2.05) is 59.6 Å². The van der Waals surface area contributed by atoms with Crippen LogP contribution in [0.25, 0.3) is 0 Å². The smallest absolute Gasteiger partial charge is 0.253 e. The monoisotopic (exact) mass is 436 g/mol. The summed E-state index contributed by atoms with van der Waals surface area (Å²) in [5.41, 5.74) is 2.57. The molecule has 0 fully saturated rings. The van der Waals surface area contributed by atoms with E-state index in [1.54, 1.807) is 0 Å². The van der Waals surface area contributed by atoms with Crippen LogP contribution in [0, 0.1) is 11.8 Å². The number of hydrogen-bond donors (Lipinski definition) is 0. The van der Waals surface area contributed by atoms with E-state index in [9.17, 15) is 4.79 Å². The Bertz CT molecular complexity index is 814. The Morgan fingerprint density at radius 3 is 2.09 bits per heavy atom. The quantitative estimate of drug-likeness (QED) is 0.247. The lowest BCUT2D eigenvalue weighted by Gasteiger charge is -2.26. The van der Waals surface area contributed by atoms with Crippen molar-refractivity contribution in [1.29, 1.82) is 0 Å². The number of carbonyl (C=O) groups excluding carboxylic acids is 1. The lowest BCUT2D eigenvalue weighted by molar-refractivity contribution is 0.0715. The largest absolute Gasteiger partial charge is 0.494 e. The van der Waals surface area contributed by atoms with Crippen molar-refractivity contribution >= 4 is 17.8 Å². The second-order valence-corrected chi connectivity index (χ2v) is 9.28. The molecule has 4 heteroatoms. The topological polar surface area (TPSA) is 41.9 Å². The van der Waals surface area contributed by atoms with Gasteiger partial charge >= 0.3 is 0 Å². The van der Waals surface area contributed by atoms with Gasteiger partial charge in [0.05, 0.1) is 12.3 Å². The van der Waals surface area contributed by atoms with Crippen molar-refractivity contribution in [2.75, 3.05) is 19.7 Å². The molecular formula is C28H40N2O2. The van der Waals surface area contributed by atoms with Gasteiger partial charge in [-0.3, -0.25) is 9.79 Å². The second kappa shape index (κ2) is 13.7. The van der Waals surface area contributed by atoms with Gasteiger partial charge in [0.15, 0.2) is 0 Å². The van der Waals surface area contributed by atoms with Crippen LogP contribution in [-0.2, 0) is 0 Å². The van der Waals surface area contributed by atoms with Crippen LogP contribution in [0.15, 0.2) is 53.5 Å². The molecule has 2 aromatic rings. The molecule has 174 valence electrons. The number of benzene rings is 2. The first-order valence-corrected chi connectivity index (χ1v) is 12.0. The van der Waals surface area contributed by atoms with E-state index in [4.69, 9.17) is 4.74 Å². The zero-order valence-corrected chi connectivity index (χ0v) is 20.5. The predicted octanol–water partition coefficient (Wildman–Crippen LogP) is 7.15. The van der Waals surface area contributed by atoms with Crippen LogP contribution in [0.4, 0.5) is 5.69 Å². The predicted molar refractivity (Wildman–Crippen MR) is 135 cm³/mol. The third kappa shape index (κ3) is 9.25. The van der Waals surface area contributed by atoms with Crippen molar-refractivity contribution in [1.82, 2.24) is 4.90 Å². The average Bonchev–Trinajstić information content (AvgIpc) is 2.77. The molecule has 0 bridgehead atoms. The Morgan fingerprint density at radius 1 is 0.906 bits per heavy atom. The highest BCUT2D eigenvalue weighted by molar-refractivity contribution is 5.95. The van der Waals surface area contributed by atoms with E-state index in [1.165, 1.54) is 19.3 Å². The minimum atomic E-state index is 0.0983. The number of amides is 1. The minimum absolute atomic E-state index is 0.0983. The van der Waals surface area contributed by atoms with Crippen molar-refractivity contribution in [3.05, 3.63) is 59.7 Å². The van der Waals surface area contributed by atoms with Crippen molar-refractivity contribution in [2.45, 2.75) is 60.3 Å². The maximum Gasteiger partial charge on any atom is 0.253 e. The third-order valence-corrected chi connectivity index (χ3v) is 5.08. The van der Waals surface area contributed by atoms with Crippen LogP contribution in [-0.4, -0.2) is 36.7 Å². The van der Waals surface area contributed by atoms with Crippen molar-refractivity contribution in [2.24, 2.45) is 16.8 Å². The van der Waals surface area contributed by atoms with Gasteiger partial charge in [0.25, 0.3) is 5.91 Å². The molecule has 2 rings (SSSR count). The standard InChI is InChI=1S/C28H40N2O2/c1-6-7-8-9-18-32-27-16-14-26(15-17-27)29-19-24-10-12-25(13-11-24)28(31)30(20-22(2)3)21-23(4)5/h10-17,19,22-23H,6-9,18,20-21H2,1-5H3. The highest BCUT2D eigenvalue weighted by atomic mass is 16.5. The van der Waals surface area contributed by atoms with E-state index in [2.05, 4.69) is 39.6 Å². The Labute approximate surface area is 194 Å². The number of aliphatic imine (C=N–C) groups is 1. The van der Waals surface area contributed by atoms with Gasteiger partial charge in [0.1, 0.15) is 5.75 Å². The zero-order valence-electron chi connectivity index (χ0n) is 20.5. The second-order valence-electron chi connectivity index (χ2n) is 9.28. The number of nitrogens with zero attached hydrogens (tertiary/aromatic N) is 2. The summed E-state index contributed by atoms with van der Waals surface area (Å²) in [7, 11) is 0. The average molecular weight is 437 g/mol. The molecule has 0 atom stereocenters. The number of ether oxygens (including phenoxy) is 1. The third-order valence-electron chi connectivity index (χ3n) is 5.08. The van der Waals surface area contributed by atoms with E-state index in [-0.39, 0.29) is 5.91 Å². The molecule has 1 amide bonds. The van der Waals surface area contributed by atoms with Gasteiger partial charge in [-0.05, 0) is 60.2 Å². The molecule has 0 radical (unpaired) electrons. The van der Waals surface area contributed by atoms with Crippen LogP contribution < -0.4 is 4.74 Å². The van der Waals surface area contributed by atoms with Gasteiger partial charge in [0, 0.05) is 24.9 Å². The molecule has 0 aromatic heterocycles. The Balaban J connectivity index is 1.93. The Morgan fingerprint density at radius 2 is 1.53 bits per heavy atom. The molecule has 0 aliphatic heterocycles. The van der Waals surface area contributed by atoms with Crippen molar-refractivity contribution in [3.63, 3.8) is 0 Å². The van der Waals surface area contributed by atoms with Crippen LogP contribution in [0.1, 0.15) is 76.2 Å². The normalized spacial score (nSPS) is 11.5. The van der Waals surface area contributed by atoms with E-state index in [0.717, 1.165) is 48.7 Å². The van der Waals surface area contributed by atoms with Gasteiger partial charge in [-0.1, -0.05) is 66.0 Å². The summed E-state index contributed by atoms with van der Waals surface area (Å²) in [6.07, 6.45) is 6.64. The molecule has 32 heavy (non-hydrogen) atoms. The van der Waals surface area contributed by atoms with Gasteiger partial charge in [-0.25, -0.2) is 0 Å². The summed E-state index contributed by atoms with van der Waals surface area (Å²) in [4.78, 5) is 19.5. The Hall–Kier alpha value is -2.62. The summed E-state index contributed by atoms with van der Waals surface area (Å²) in [5, 5.41) is 0. The van der Waals surface area contributed by atoms with E-state index >= 15 is 0 Å². The van der Waals surface area contributed by atoms with E-state index < -0.39 is 0 Å². The lowest BCUT2D eigenvalue weighted by Crippen LogP contribution is -2.37. The van der Waals surface area contributed by atoms with Crippen LogP contribution >= 0.6 is 0 Å². The minimum Gasteiger partial charge on any atom is -0.494 e. The molecule has 0 saturated carbocycles. The van der Waals surface area contributed by atoms with Crippen LogP contribution in [0.5, 0.6) is 5.75 Å². The molecule has 4 nitrogen and oxygen atoms in total. The molecule has 0 saturated heterocycles. The molecule has 0 N–H and O–H groups in total. The SMILES string of the molecule is CCCCCCOc1ccc(N=Cc2ccc(C(=O)N(CC(C)C)CC(C)C)cc2)cc1. The van der Waals surface area contributed by atoms with Crippen molar-refractivity contribution in [3.8, 4) is 5.75 Å². The zero-order chi connectivity index (χ0) is 23.3. The fourth-order valence-corrected chi connectivity index (χ4v) is 3.51. The first-order chi connectivity index (χ1) is 15.4. The number of carbonyl (C=O) groups is 1. The molecule has 0 heterocycles. The van der Waals surface area contributed by atoms with Crippen LogP contribution in [0.3, 0.4) is 0 Å². The Kier molecular flexibility index (Phi) is 11.0. The highest BCUT2D eigenvalue weighted by Crippen LogP contribution is 2.19. The molecule has 2 aromatic carbocycles. The maximum absolute atomic E-state index is 12.9. The first-order valence-electron chi connectivity index (χ1n) is 12.0. The van der Waals surface area contributed by atoms with Crippen molar-refractivity contribution < 1.29 is 9.53 Å². The highest BCUT2D eigenvalue weighted by Gasteiger charge is 2.17. The van der Waals surface area contributed by atoms with Gasteiger partial charge in [-0.15, -0.1) is 0 Å². The lowest BCUT2D eigenvalue weighted by atomic mass is 10.1. The van der Waals surface area contributed by atoms with Gasteiger partial charge in [-0.2, -0.15) is 0 Å². The molecular weight excluding hydrogens is 396 g/mol. The number of rotatable bonds is 13. The maximum atomic E-state index is 12.9. The first kappa shape index (κ1) is 25.6. The fraction of sp³-hybridized carbons (Fsp3) is 0.500. The number of hydrogen-bond acceptors (Lipinski definition) is 3. The molecule has 0 aliphatic carbocycles.